The van der Waals surface area contributed by atoms with Gasteiger partial charge in [0.2, 0.25) is 0 Å². The Morgan fingerprint density at radius 2 is 1.44 bits per heavy atom. The van der Waals surface area contributed by atoms with E-state index in [1.165, 1.54) is 37.5 Å². The Hall–Kier alpha value is -2.28. The molecule has 2 heteroatoms. The zero-order chi connectivity index (χ0) is 17.1. The van der Waals surface area contributed by atoms with Crippen LogP contribution in [0.25, 0.3) is 10.9 Å². The van der Waals surface area contributed by atoms with Crippen molar-refractivity contribution in [2.45, 2.75) is 18.2 Å². The number of nitrogens with one attached hydrogen (secondary N) is 1. The molecule has 0 aliphatic rings. The zero-order valence-electron chi connectivity index (χ0n) is 14.3. The average molecular weight is 390 g/mol. The number of rotatable bonds is 5. The molecule has 25 heavy (non-hydrogen) atoms. The van der Waals surface area contributed by atoms with Gasteiger partial charge in [0.05, 0.1) is 0 Å². The van der Waals surface area contributed by atoms with Crippen molar-refractivity contribution in [1.29, 1.82) is 0 Å². The number of fused-ring (bicyclic) bond motifs is 1. The summed E-state index contributed by atoms with van der Waals surface area (Å²) in [4.78, 5) is 3.58. The first-order chi connectivity index (χ1) is 12.3. The molecule has 0 spiro atoms. The summed E-state index contributed by atoms with van der Waals surface area (Å²) >= 11 is 0.451. The third kappa shape index (κ3) is 3.42. The fourth-order valence-electron chi connectivity index (χ4n) is 3.48. The molecule has 124 valence electrons. The summed E-state index contributed by atoms with van der Waals surface area (Å²) in [5, 5.41) is 2.53. The molecule has 0 fully saturated rings. The van der Waals surface area contributed by atoms with E-state index in [0.717, 1.165) is 0 Å². The molecule has 0 aliphatic carbocycles. The van der Waals surface area contributed by atoms with Crippen molar-refractivity contribution in [2.75, 3.05) is 0 Å². The molecule has 1 atom stereocenters. The molecule has 1 heterocycles. The summed E-state index contributed by atoms with van der Waals surface area (Å²) in [6.07, 6.45) is 0. The van der Waals surface area contributed by atoms with E-state index in [9.17, 15) is 0 Å². The van der Waals surface area contributed by atoms with Gasteiger partial charge < -0.3 is 0 Å². The van der Waals surface area contributed by atoms with Crippen LogP contribution in [0.5, 0.6) is 0 Å². The molecule has 1 unspecified atom stereocenters. The van der Waals surface area contributed by atoms with Crippen LogP contribution in [0.15, 0.2) is 84.9 Å². The van der Waals surface area contributed by atoms with Gasteiger partial charge in [-0.15, -0.1) is 0 Å². The Balaban J connectivity index is 1.76. The Kier molecular flexibility index (Phi) is 4.74. The van der Waals surface area contributed by atoms with Gasteiger partial charge >= 0.3 is 155 Å². The van der Waals surface area contributed by atoms with Crippen molar-refractivity contribution in [2.24, 2.45) is 0 Å². The van der Waals surface area contributed by atoms with Crippen LogP contribution in [0.3, 0.4) is 0 Å². The van der Waals surface area contributed by atoms with Crippen molar-refractivity contribution in [3.8, 4) is 0 Å². The number of benzene rings is 3. The minimum absolute atomic E-state index is 0.428. The first-order valence-electron chi connectivity index (χ1n) is 8.63. The number of para-hydroxylation sites is 1. The molecular weight excluding hydrogens is 369 g/mol. The fraction of sp³-hybridized carbons (Fsp3) is 0.130. The van der Waals surface area contributed by atoms with E-state index in [1.54, 1.807) is 0 Å². The molecule has 0 saturated heterocycles. The number of aryl methyl sites for hydroxylation is 1. The van der Waals surface area contributed by atoms with Crippen molar-refractivity contribution < 1.29 is 0 Å². The standard InChI is InChI=1S/C23H21NSe/c1-17-23(20-14-8-9-15-22(20)24-17)21(18-10-4-2-5-11-18)16-25-19-12-6-3-7-13-19/h2-15,21,24H,16H2,1H3. The molecule has 0 bridgehead atoms. The summed E-state index contributed by atoms with van der Waals surface area (Å²) in [6.45, 7) is 2.21. The van der Waals surface area contributed by atoms with E-state index in [1.807, 2.05) is 0 Å². The quantitative estimate of drug-likeness (QED) is 0.459. The second-order valence-electron chi connectivity index (χ2n) is 6.30. The van der Waals surface area contributed by atoms with Crippen LogP contribution in [-0.4, -0.2) is 19.9 Å². The fourth-order valence-corrected chi connectivity index (χ4v) is 5.72. The van der Waals surface area contributed by atoms with Gasteiger partial charge in [-0.1, -0.05) is 0 Å². The van der Waals surface area contributed by atoms with E-state index < -0.39 is 0 Å². The minimum atomic E-state index is 0.428. The zero-order valence-corrected chi connectivity index (χ0v) is 16.0. The Morgan fingerprint density at radius 3 is 2.20 bits per heavy atom. The predicted octanol–water partition coefficient (Wildman–Crippen LogP) is 5.06. The Labute approximate surface area is 155 Å². The summed E-state index contributed by atoms with van der Waals surface area (Å²) in [6, 6.07) is 30.5. The number of aromatic nitrogens is 1. The molecule has 1 N–H and O–H groups in total. The van der Waals surface area contributed by atoms with Gasteiger partial charge in [0.25, 0.3) is 0 Å². The van der Waals surface area contributed by atoms with Crippen LogP contribution >= 0.6 is 0 Å². The van der Waals surface area contributed by atoms with E-state index >= 15 is 0 Å². The number of H-pyrrole nitrogens is 1. The maximum absolute atomic E-state index is 3.58. The van der Waals surface area contributed by atoms with E-state index in [-0.39, 0.29) is 0 Å². The van der Waals surface area contributed by atoms with Crippen LogP contribution < -0.4 is 4.46 Å². The Bertz CT molecular complexity index is 957. The maximum atomic E-state index is 3.58. The van der Waals surface area contributed by atoms with Gasteiger partial charge in [-0.3, -0.25) is 0 Å². The third-order valence-corrected chi connectivity index (χ3v) is 6.97. The second-order valence-corrected chi connectivity index (χ2v) is 8.59. The van der Waals surface area contributed by atoms with Crippen molar-refractivity contribution in [3.05, 3.63) is 102 Å². The Morgan fingerprint density at radius 1 is 0.800 bits per heavy atom. The topological polar surface area (TPSA) is 15.8 Å². The summed E-state index contributed by atoms with van der Waals surface area (Å²) in [7, 11) is 0. The van der Waals surface area contributed by atoms with Gasteiger partial charge in [-0.2, -0.15) is 0 Å². The molecule has 0 aliphatic heterocycles. The van der Waals surface area contributed by atoms with Crippen LogP contribution in [0.1, 0.15) is 22.7 Å². The molecule has 0 radical (unpaired) electrons. The van der Waals surface area contributed by atoms with Crippen LogP contribution in [0.2, 0.25) is 5.32 Å². The number of hydrogen-bond acceptors (Lipinski definition) is 0. The van der Waals surface area contributed by atoms with Crippen molar-refractivity contribution in [1.82, 2.24) is 4.98 Å². The number of aromatic amines is 1. The molecule has 0 saturated carbocycles. The van der Waals surface area contributed by atoms with Gasteiger partial charge in [-0.05, 0) is 0 Å². The molecular formula is C23H21NSe. The van der Waals surface area contributed by atoms with Gasteiger partial charge in [0, 0.05) is 0 Å². The van der Waals surface area contributed by atoms with Gasteiger partial charge in [0.15, 0.2) is 0 Å². The third-order valence-electron chi connectivity index (χ3n) is 4.65. The SMILES string of the molecule is Cc1[nH]c2ccccc2c1C(C[Se]c1ccccc1)c1ccccc1. The van der Waals surface area contributed by atoms with Crippen LogP contribution in [0, 0.1) is 6.92 Å². The molecule has 4 rings (SSSR count). The normalized spacial score (nSPS) is 12.4. The first kappa shape index (κ1) is 16.2. The van der Waals surface area contributed by atoms with E-state index in [0.29, 0.717) is 20.9 Å². The molecule has 4 aromatic rings. The molecule has 3 aromatic carbocycles. The van der Waals surface area contributed by atoms with E-state index in [2.05, 4.69) is 96.8 Å². The molecule has 0 amide bonds. The summed E-state index contributed by atoms with van der Waals surface area (Å²) in [5.74, 6) is 0.428. The van der Waals surface area contributed by atoms with Gasteiger partial charge in [0.1, 0.15) is 0 Å². The van der Waals surface area contributed by atoms with Crippen molar-refractivity contribution >= 4 is 30.3 Å². The predicted molar refractivity (Wildman–Crippen MR) is 108 cm³/mol. The summed E-state index contributed by atoms with van der Waals surface area (Å²) < 4.78 is 1.47. The first-order valence-corrected chi connectivity index (χ1v) is 10.7. The second kappa shape index (κ2) is 7.31. The average Bonchev–Trinajstić information content (AvgIpc) is 3.00. The summed E-state index contributed by atoms with van der Waals surface area (Å²) in [5.41, 5.74) is 5.40. The molecule has 1 nitrogen and oxygen atoms in total. The monoisotopic (exact) mass is 391 g/mol. The molecule has 1 aromatic heterocycles. The van der Waals surface area contributed by atoms with E-state index in [4.69, 9.17) is 0 Å². The van der Waals surface area contributed by atoms with Crippen LogP contribution in [-0.2, 0) is 0 Å². The van der Waals surface area contributed by atoms with Crippen LogP contribution in [0.4, 0.5) is 0 Å². The number of hydrogen-bond donors (Lipinski definition) is 1. The van der Waals surface area contributed by atoms with Crippen molar-refractivity contribution in [3.63, 3.8) is 0 Å². The van der Waals surface area contributed by atoms with Gasteiger partial charge in [-0.25, -0.2) is 0 Å².